The Balaban J connectivity index is 0.000000321. The number of carbonyl (C=O) groups is 3. The second-order valence-corrected chi connectivity index (χ2v) is 6.52. The molecule has 0 aromatic carbocycles. The summed E-state index contributed by atoms with van der Waals surface area (Å²) in [5.74, 6) is -4.20. The Morgan fingerprint density at radius 2 is 1.48 bits per heavy atom. The molecular formula is C15H16F3N3O6. The third kappa shape index (κ3) is 3.26. The van der Waals surface area contributed by atoms with Crippen molar-refractivity contribution in [2.75, 3.05) is 18.0 Å². The zero-order chi connectivity index (χ0) is 20.8. The smallest absolute Gasteiger partial charge is 0.481 e. The van der Waals surface area contributed by atoms with Crippen molar-refractivity contribution in [3.8, 4) is 0 Å². The number of hydrogen-bond donors (Lipinski definition) is 3. The largest absolute Gasteiger partial charge is 0.490 e. The highest BCUT2D eigenvalue weighted by atomic mass is 19.4. The molecular weight excluding hydrogens is 375 g/mol. The first-order valence-electron chi connectivity index (χ1n) is 7.58. The van der Waals surface area contributed by atoms with Crippen LogP contribution in [0, 0.1) is 24.7 Å². The molecule has 0 spiro atoms. The number of rotatable bonds is 3. The van der Waals surface area contributed by atoms with Crippen LogP contribution in [0.25, 0.3) is 0 Å². The van der Waals surface area contributed by atoms with Gasteiger partial charge in [0.2, 0.25) is 0 Å². The van der Waals surface area contributed by atoms with Crippen LogP contribution in [0.5, 0.6) is 0 Å². The summed E-state index contributed by atoms with van der Waals surface area (Å²) in [5, 5.41) is 25.9. The highest BCUT2D eigenvalue weighted by molar-refractivity contribution is 5.95. The Bertz CT molecular complexity index is 786. The molecule has 0 amide bonds. The maximum absolute atomic E-state index is 11.5. The van der Waals surface area contributed by atoms with E-state index in [4.69, 9.17) is 9.90 Å². The van der Waals surface area contributed by atoms with Gasteiger partial charge >= 0.3 is 24.1 Å². The highest BCUT2D eigenvalue weighted by Crippen LogP contribution is 2.69. The topological polar surface area (TPSA) is 141 Å². The van der Waals surface area contributed by atoms with E-state index < -0.39 is 34.9 Å². The quantitative estimate of drug-likeness (QED) is 0.690. The Morgan fingerprint density at radius 1 is 1.04 bits per heavy atom. The third-order valence-electron chi connectivity index (χ3n) is 4.99. The number of carboxylic acids is 3. The Kier molecular flexibility index (Phi) is 4.80. The van der Waals surface area contributed by atoms with Crippen molar-refractivity contribution in [3.05, 3.63) is 17.6 Å². The first kappa shape index (κ1) is 20.4. The van der Waals surface area contributed by atoms with E-state index >= 15 is 0 Å². The summed E-state index contributed by atoms with van der Waals surface area (Å²) in [4.78, 5) is 41.9. The molecule has 1 aromatic rings. The van der Waals surface area contributed by atoms with Crippen molar-refractivity contribution < 1.29 is 42.9 Å². The van der Waals surface area contributed by atoms with Crippen LogP contribution >= 0.6 is 0 Å². The first-order valence-corrected chi connectivity index (χ1v) is 7.58. The summed E-state index contributed by atoms with van der Waals surface area (Å²) in [6.45, 7) is 4.07. The summed E-state index contributed by atoms with van der Waals surface area (Å²) in [6, 6.07) is 0. The molecule has 0 radical (unpaired) electrons. The molecule has 0 bridgehead atoms. The number of fused-ring (bicyclic) bond motifs is 1. The summed E-state index contributed by atoms with van der Waals surface area (Å²) in [5.41, 5.74) is -0.687. The van der Waals surface area contributed by atoms with E-state index in [9.17, 15) is 33.0 Å². The SMILES string of the molecule is Cc1ncnc(N2C[C@@]3(C(=O)O)C[C@@]3(C(=O)O)C2)c1C.O=C(O)C(F)(F)F. The monoisotopic (exact) mass is 391 g/mol. The maximum Gasteiger partial charge on any atom is 0.490 e. The molecule has 9 nitrogen and oxygen atoms in total. The molecule has 2 heterocycles. The maximum atomic E-state index is 11.5. The van der Waals surface area contributed by atoms with E-state index in [1.54, 1.807) is 4.90 Å². The van der Waals surface area contributed by atoms with Gasteiger partial charge in [-0.2, -0.15) is 13.2 Å². The van der Waals surface area contributed by atoms with Gasteiger partial charge in [-0.05, 0) is 20.3 Å². The number of piperidine rings is 1. The van der Waals surface area contributed by atoms with E-state index in [0.29, 0.717) is 5.82 Å². The van der Waals surface area contributed by atoms with Crippen molar-refractivity contribution in [1.82, 2.24) is 9.97 Å². The van der Waals surface area contributed by atoms with Gasteiger partial charge < -0.3 is 20.2 Å². The van der Waals surface area contributed by atoms with Gasteiger partial charge in [-0.1, -0.05) is 0 Å². The fraction of sp³-hybridized carbons (Fsp3) is 0.533. The van der Waals surface area contributed by atoms with Crippen LogP contribution in [0.15, 0.2) is 6.33 Å². The van der Waals surface area contributed by atoms with Gasteiger partial charge in [0, 0.05) is 24.3 Å². The standard InChI is InChI=1S/C13H15N3O4.C2HF3O2/c1-7-8(2)14-6-15-9(7)16-4-12(10(17)18)3-13(12,5-16)11(19)20;3-2(4,5)1(6)7/h6H,3-5H2,1-2H3,(H,17,18)(H,19,20);(H,6,7)/t12-,13+;. The number of halogens is 3. The molecule has 1 saturated heterocycles. The first-order chi connectivity index (χ1) is 12.3. The van der Waals surface area contributed by atoms with Crippen LogP contribution in [0.3, 0.4) is 0 Å². The molecule has 1 aromatic heterocycles. The molecule has 1 aliphatic carbocycles. The molecule has 3 N–H and O–H groups in total. The number of hydrogen-bond acceptors (Lipinski definition) is 6. The second kappa shape index (κ2) is 6.35. The predicted octanol–water partition coefficient (Wildman–Crippen LogP) is 1.09. The van der Waals surface area contributed by atoms with Gasteiger partial charge in [0.25, 0.3) is 0 Å². The van der Waals surface area contributed by atoms with Gasteiger partial charge in [-0.25, -0.2) is 14.8 Å². The summed E-state index contributed by atoms with van der Waals surface area (Å²) >= 11 is 0. The van der Waals surface area contributed by atoms with Crippen molar-refractivity contribution in [2.24, 2.45) is 10.8 Å². The molecule has 148 valence electrons. The van der Waals surface area contributed by atoms with Gasteiger partial charge in [0.15, 0.2) is 0 Å². The molecule has 12 heteroatoms. The molecule has 1 saturated carbocycles. The average Bonchev–Trinajstić information content (AvgIpc) is 3.08. The number of aryl methyl sites for hydroxylation is 1. The second-order valence-electron chi connectivity index (χ2n) is 6.52. The van der Waals surface area contributed by atoms with E-state index in [1.165, 1.54) is 6.33 Å². The van der Waals surface area contributed by atoms with Crippen molar-refractivity contribution in [2.45, 2.75) is 26.4 Å². The molecule has 1 aliphatic heterocycles. The normalized spacial score (nSPS) is 25.9. The predicted molar refractivity (Wildman–Crippen MR) is 82.2 cm³/mol. The lowest BCUT2D eigenvalue weighted by molar-refractivity contribution is -0.192. The Morgan fingerprint density at radius 3 is 1.85 bits per heavy atom. The van der Waals surface area contributed by atoms with Gasteiger partial charge in [0.1, 0.15) is 23.0 Å². The number of alkyl halides is 3. The number of aromatic nitrogens is 2. The minimum atomic E-state index is -5.08. The van der Waals surface area contributed by atoms with E-state index in [-0.39, 0.29) is 19.5 Å². The lowest BCUT2D eigenvalue weighted by Crippen LogP contribution is -2.30. The lowest BCUT2D eigenvalue weighted by atomic mass is 9.97. The third-order valence-corrected chi connectivity index (χ3v) is 4.99. The van der Waals surface area contributed by atoms with Crippen LogP contribution in [0.2, 0.25) is 0 Å². The average molecular weight is 391 g/mol. The minimum absolute atomic E-state index is 0.186. The molecule has 2 fully saturated rings. The zero-order valence-corrected chi connectivity index (χ0v) is 14.2. The Labute approximate surface area is 150 Å². The van der Waals surface area contributed by atoms with E-state index in [0.717, 1.165) is 11.3 Å². The number of aliphatic carboxylic acids is 3. The van der Waals surface area contributed by atoms with Crippen LogP contribution in [0.1, 0.15) is 17.7 Å². The van der Waals surface area contributed by atoms with Crippen molar-refractivity contribution in [1.29, 1.82) is 0 Å². The number of nitrogens with zero attached hydrogens (tertiary/aromatic N) is 3. The lowest BCUT2D eigenvalue weighted by Gasteiger charge is -2.23. The summed E-state index contributed by atoms with van der Waals surface area (Å²) in [6.07, 6.45) is -3.47. The fourth-order valence-electron chi connectivity index (χ4n) is 3.28. The molecule has 0 unspecified atom stereocenters. The van der Waals surface area contributed by atoms with Crippen LogP contribution in [-0.4, -0.2) is 62.5 Å². The fourth-order valence-corrected chi connectivity index (χ4v) is 3.28. The highest BCUT2D eigenvalue weighted by Gasteiger charge is 2.81. The Hall–Kier alpha value is -2.92. The summed E-state index contributed by atoms with van der Waals surface area (Å²) in [7, 11) is 0. The van der Waals surface area contributed by atoms with Gasteiger partial charge in [-0.3, -0.25) is 9.59 Å². The molecule has 2 atom stereocenters. The van der Waals surface area contributed by atoms with Crippen LogP contribution in [0.4, 0.5) is 19.0 Å². The number of carboxylic acid groups (broad SMARTS) is 3. The van der Waals surface area contributed by atoms with Crippen molar-refractivity contribution >= 4 is 23.7 Å². The number of anilines is 1. The molecule has 27 heavy (non-hydrogen) atoms. The molecule has 2 aliphatic rings. The van der Waals surface area contributed by atoms with Gasteiger partial charge in [0.05, 0.1) is 0 Å². The van der Waals surface area contributed by atoms with E-state index in [2.05, 4.69) is 9.97 Å². The van der Waals surface area contributed by atoms with Crippen molar-refractivity contribution in [3.63, 3.8) is 0 Å². The van der Waals surface area contributed by atoms with Gasteiger partial charge in [-0.15, -0.1) is 0 Å². The minimum Gasteiger partial charge on any atom is -0.481 e. The van der Waals surface area contributed by atoms with Crippen LogP contribution < -0.4 is 4.90 Å². The molecule has 3 rings (SSSR count). The zero-order valence-electron chi connectivity index (χ0n) is 14.2. The van der Waals surface area contributed by atoms with E-state index in [1.807, 2.05) is 13.8 Å². The van der Waals surface area contributed by atoms with Crippen LogP contribution in [-0.2, 0) is 14.4 Å². The summed E-state index contributed by atoms with van der Waals surface area (Å²) < 4.78 is 31.7.